The molecule has 0 fully saturated rings. The largest absolute Gasteiger partial charge is 0.377 e. The molecule has 5 nitrogen and oxygen atoms in total. The van der Waals surface area contributed by atoms with Gasteiger partial charge in [0.15, 0.2) is 11.6 Å². The van der Waals surface area contributed by atoms with Gasteiger partial charge in [-0.3, -0.25) is 5.10 Å². The number of aromatic amines is 1. The van der Waals surface area contributed by atoms with Crippen molar-refractivity contribution in [2.75, 3.05) is 7.11 Å². The molecular weight excluding hydrogens is 240 g/mol. The fourth-order valence-corrected chi connectivity index (χ4v) is 1.73. The van der Waals surface area contributed by atoms with Crippen molar-refractivity contribution >= 4 is 0 Å². The van der Waals surface area contributed by atoms with E-state index in [1.807, 2.05) is 38.1 Å². The summed E-state index contributed by atoms with van der Waals surface area (Å²) in [6.45, 7) is 4.20. The number of nitrogens with zero attached hydrogens (tertiary/aromatic N) is 3. The van der Waals surface area contributed by atoms with Crippen molar-refractivity contribution in [3.63, 3.8) is 0 Å². The summed E-state index contributed by atoms with van der Waals surface area (Å²) >= 11 is 0. The molecule has 0 bridgehead atoms. The summed E-state index contributed by atoms with van der Waals surface area (Å²) < 4.78 is 4.99. The summed E-state index contributed by atoms with van der Waals surface area (Å²) in [5.74, 6) is 1.33. The van der Waals surface area contributed by atoms with E-state index in [2.05, 4.69) is 21.3 Å². The molecule has 0 aliphatic rings. The predicted octanol–water partition coefficient (Wildman–Crippen LogP) is 2.42. The number of aromatic nitrogens is 3. The van der Waals surface area contributed by atoms with Crippen LogP contribution < -0.4 is 0 Å². The molecule has 1 N–H and O–H groups in total. The van der Waals surface area contributed by atoms with Gasteiger partial charge in [-0.1, -0.05) is 24.3 Å². The van der Waals surface area contributed by atoms with Crippen molar-refractivity contribution in [3.05, 3.63) is 35.7 Å². The van der Waals surface area contributed by atoms with Crippen LogP contribution in [0.1, 0.15) is 25.2 Å². The molecule has 2 aromatic rings. The SMILES string of the molecule is COCc1nc(-c2ccc(C(C)(C)C#N)cc2)n[nH]1. The molecule has 0 radical (unpaired) electrons. The highest BCUT2D eigenvalue weighted by Gasteiger charge is 2.19. The minimum Gasteiger partial charge on any atom is -0.377 e. The molecule has 0 amide bonds. The lowest BCUT2D eigenvalue weighted by molar-refractivity contribution is 0.178. The molecule has 0 saturated carbocycles. The van der Waals surface area contributed by atoms with Crippen LogP contribution in [-0.4, -0.2) is 22.3 Å². The van der Waals surface area contributed by atoms with E-state index < -0.39 is 5.41 Å². The average molecular weight is 256 g/mol. The Hall–Kier alpha value is -2.19. The number of nitriles is 1. The van der Waals surface area contributed by atoms with Crippen molar-refractivity contribution in [2.24, 2.45) is 0 Å². The van der Waals surface area contributed by atoms with E-state index in [0.717, 1.165) is 11.1 Å². The van der Waals surface area contributed by atoms with Crippen LogP contribution in [0.4, 0.5) is 0 Å². The maximum atomic E-state index is 9.10. The molecule has 0 unspecified atom stereocenters. The summed E-state index contributed by atoms with van der Waals surface area (Å²) in [5.41, 5.74) is 1.40. The summed E-state index contributed by atoms with van der Waals surface area (Å²) in [6.07, 6.45) is 0. The number of H-pyrrole nitrogens is 1. The molecule has 1 aromatic carbocycles. The van der Waals surface area contributed by atoms with Gasteiger partial charge in [-0.15, -0.1) is 0 Å². The van der Waals surface area contributed by atoms with Crippen LogP contribution in [0.3, 0.4) is 0 Å². The van der Waals surface area contributed by atoms with E-state index in [-0.39, 0.29) is 0 Å². The van der Waals surface area contributed by atoms with Crippen LogP contribution in [-0.2, 0) is 16.8 Å². The molecule has 1 aromatic heterocycles. The maximum absolute atomic E-state index is 9.10. The molecule has 2 rings (SSSR count). The Balaban J connectivity index is 2.25. The lowest BCUT2D eigenvalue weighted by Crippen LogP contribution is -2.13. The second kappa shape index (κ2) is 5.21. The number of nitrogens with one attached hydrogen (secondary N) is 1. The molecule has 1 heterocycles. The first kappa shape index (κ1) is 13.2. The van der Waals surface area contributed by atoms with E-state index in [9.17, 15) is 0 Å². The third kappa shape index (κ3) is 2.80. The topological polar surface area (TPSA) is 74.6 Å². The average Bonchev–Trinajstić information content (AvgIpc) is 2.88. The molecule has 0 aliphatic heterocycles. The van der Waals surface area contributed by atoms with E-state index in [1.165, 1.54) is 0 Å². The summed E-state index contributed by atoms with van der Waals surface area (Å²) in [5, 5.41) is 16.1. The fraction of sp³-hybridized carbons (Fsp3) is 0.357. The van der Waals surface area contributed by atoms with Gasteiger partial charge in [0.05, 0.1) is 11.5 Å². The van der Waals surface area contributed by atoms with Gasteiger partial charge >= 0.3 is 0 Å². The number of methoxy groups -OCH3 is 1. The van der Waals surface area contributed by atoms with Gasteiger partial charge in [0, 0.05) is 12.7 Å². The number of hydrogen-bond donors (Lipinski definition) is 1. The summed E-state index contributed by atoms with van der Waals surface area (Å²) in [4.78, 5) is 4.33. The van der Waals surface area contributed by atoms with E-state index >= 15 is 0 Å². The van der Waals surface area contributed by atoms with Gasteiger partial charge < -0.3 is 4.74 Å². The first-order valence-corrected chi connectivity index (χ1v) is 5.99. The Morgan fingerprint density at radius 2 is 2.00 bits per heavy atom. The van der Waals surface area contributed by atoms with Gasteiger partial charge in [-0.2, -0.15) is 10.4 Å². The molecule has 19 heavy (non-hydrogen) atoms. The first-order chi connectivity index (χ1) is 9.06. The van der Waals surface area contributed by atoms with Gasteiger partial charge in [0.1, 0.15) is 6.61 Å². The Morgan fingerprint density at radius 3 is 2.58 bits per heavy atom. The number of ether oxygens (including phenoxy) is 1. The first-order valence-electron chi connectivity index (χ1n) is 5.99. The van der Waals surface area contributed by atoms with Gasteiger partial charge in [-0.25, -0.2) is 4.98 Å². The summed E-state index contributed by atoms with van der Waals surface area (Å²) in [7, 11) is 1.61. The van der Waals surface area contributed by atoms with Crippen molar-refractivity contribution in [2.45, 2.75) is 25.9 Å². The zero-order chi connectivity index (χ0) is 13.9. The number of rotatable bonds is 4. The normalized spacial score (nSPS) is 11.3. The maximum Gasteiger partial charge on any atom is 0.181 e. The Bertz CT molecular complexity index is 593. The molecule has 0 atom stereocenters. The van der Waals surface area contributed by atoms with Crippen LogP contribution in [0.25, 0.3) is 11.4 Å². The van der Waals surface area contributed by atoms with Crippen molar-refractivity contribution < 1.29 is 4.74 Å². The molecule has 0 aliphatic carbocycles. The molecule has 5 heteroatoms. The van der Waals surface area contributed by atoms with Crippen molar-refractivity contribution in [1.29, 1.82) is 5.26 Å². The highest BCUT2D eigenvalue weighted by molar-refractivity contribution is 5.55. The van der Waals surface area contributed by atoms with Gasteiger partial charge in [0.2, 0.25) is 0 Å². The van der Waals surface area contributed by atoms with Crippen LogP contribution >= 0.6 is 0 Å². The molecule has 0 spiro atoms. The van der Waals surface area contributed by atoms with E-state index in [1.54, 1.807) is 7.11 Å². The smallest absolute Gasteiger partial charge is 0.181 e. The molecule has 0 saturated heterocycles. The van der Waals surface area contributed by atoms with Gasteiger partial charge in [0.25, 0.3) is 0 Å². The van der Waals surface area contributed by atoms with Crippen molar-refractivity contribution in [3.8, 4) is 17.5 Å². The molecular formula is C14H16N4O. The third-order valence-electron chi connectivity index (χ3n) is 2.96. The number of benzene rings is 1. The highest BCUT2D eigenvalue weighted by Crippen LogP contribution is 2.24. The monoisotopic (exact) mass is 256 g/mol. The second-order valence-electron chi connectivity index (χ2n) is 4.85. The zero-order valence-electron chi connectivity index (χ0n) is 11.3. The quantitative estimate of drug-likeness (QED) is 0.911. The van der Waals surface area contributed by atoms with Crippen LogP contribution in [0.2, 0.25) is 0 Å². The Labute approximate surface area is 112 Å². The van der Waals surface area contributed by atoms with Crippen LogP contribution in [0.15, 0.2) is 24.3 Å². The standard InChI is InChI=1S/C14H16N4O/c1-14(2,9-15)11-6-4-10(5-7-11)13-16-12(8-19-3)17-18-13/h4-7H,8H2,1-3H3,(H,16,17,18). The predicted molar refractivity (Wildman–Crippen MR) is 71.2 cm³/mol. The zero-order valence-corrected chi connectivity index (χ0v) is 11.3. The second-order valence-corrected chi connectivity index (χ2v) is 4.85. The Morgan fingerprint density at radius 1 is 1.32 bits per heavy atom. The van der Waals surface area contributed by atoms with Gasteiger partial charge in [-0.05, 0) is 19.4 Å². The minimum atomic E-state index is -0.487. The summed E-state index contributed by atoms with van der Waals surface area (Å²) in [6, 6.07) is 10.0. The van der Waals surface area contributed by atoms with E-state index in [4.69, 9.17) is 10.00 Å². The Kier molecular flexibility index (Phi) is 3.63. The highest BCUT2D eigenvalue weighted by atomic mass is 16.5. The minimum absolute atomic E-state index is 0.409. The van der Waals surface area contributed by atoms with Crippen LogP contribution in [0, 0.1) is 11.3 Å². The lowest BCUT2D eigenvalue weighted by atomic mass is 9.86. The van der Waals surface area contributed by atoms with E-state index in [0.29, 0.717) is 18.3 Å². The number of hydrogen-bond acceptors (Lipinski definition) is 4. The fourth-order valence-electron chi connectivity index (χ4n) is 1.73. The van der Waals surface area contributed by atoms with Crippen molar-refractivity contribution in [1.82, 2.24) is 15.2 Å². The molecule has 98 valence electrons. The lowest BCUT2D eigenvalue weighted by Gasteiger charge is -2.15. The third-order valence-corrected chi connectivity index (χ3v) is 2.96. The van der Waals surface area contributed by atoms with Crippen LogP contribution in [0.5, 0.6) is 0 Å².